The molecule has 0 aliphatic carbocycles. The number of carbonyl (C=O) groups excluding carboxylic acids is 3. The molecular formula is C35H36N6O8. The van der Waals surface area contributed by atoms with Gasteiger partial charge in [0.2, 0.25) is 17.7 Å². The summed E-state index contributed by atoms with van der Waals surface area (Å²) in [6, 6.07) is 15.1. The van der Waals surface area contributed by atoms with Gasteiger partial charge in [-0.2, -0.15) is 0 Å². The number of carbonyl (C=O) groups is 5. The summed E-state index contributed by atoms with van der Waals surface area (Å²) >= 11 is 0. The number of phenolic OH excluding ortho intramolecular Hbond substituents is 1. The number of nitrogens with one attached hydrogen (secondary N) is 5. The molecule has 254 valence electrons. The van der Waals surface area contributed by atoms with E-state index in [2.05, 4.69) is 25.9 Å². The number of fused-ring (bicyclic) bond motifs is 2. The Balaban J connectivity index is 1.41. The summed E-state index contributed by atoms with van der Waals surface area (Å²) in [5, 5.41) is 38.3. The number of benzene rings is 3. The number of rotatable bonds is 15. The third kappa shape index (κ3) is 8.61. The fraction of sp³-hybridized carbons (Fsp3) is 0.229. The van der Waals surface area contributed by atoms with Crippen LogP contribution in [0.1, 0.15) is 23.1 Å². The molecule has 0 spiro atoms. The van der Waals surface area contributed by atoms with Crippen molar-refractivity contribution >= 4 is 51.5 Å². The van der Waals surface area contributed by atoms with Gasteiger partial charge < -0.3 is 47.0 Å². The lowest BCUT2D eigenvalue weighted by molar-refractivity contribution is -0.142. The Morgan fingerprint density at radius 2 is 1.10 bits per heavy atom. The second kappa shape index (κ2) is 15.2. The van der Waals surface area contributed by atoms with Crippen LogP contribution in [-0.2, 0) is 43.2 Å². The normalized spacial score (nSPS) is 13.7. The van der Waals surface area contributed by atoms with Gasteiger partial charge in [0, 0.05) is 53.5 Å². The van der Waals surface area contributed by atoms with Crippen molar-refractivity contribution in [3.63, 3.8) is 0 Å². The average Bonchev–Trinajstić information content (AvgIpc) is 3.68. The first-order valence-electron chi connectivity index (χ1n) is 15.5. The van der Waals surface area contributed by atoms with E-state index in [1.807, 2.05) is 48.5 Å². The van der Waals surface area contributed by atoms with E-state index >= 15 is 0 Å². The lowest BCUT2D eigenvalue weighted by Gasteiger charge is -2.25. The van der Waals surface area contributed by atoms with Crippen LogP contribution in [0, 0.1) is 0 Å². The van der Waals surface area contributed by atoms with Crippen molar-refractivity contribution in [1.82, 2.24) is 25.9 Å². The number of para-hydroxylation sites is 2. The number of aromatic hydroxyl groups is 1. The Labute approximate surface area is 279 Å². The standard InChI is InChI=1S/C35H36N6O8/c36-25(16-31(43)44)32(45)39-29(14-20-17-37-26-7-3-1-5-23(20)26)34(47)40-28(13-19-9-11-22(42)12-10-19)33(46)41-30(35(48)49)15-21-18-38-27-8-4-2-6-24(21)27/h1-12,17-18,25,28-30,37-38,42H,13-16,36H2,(H,39,45)(H,40,47)(H,41,46)(H,43,44)(H,48,49). The van der Waals surface area contributed by atoms with Gasteiger partial charge in [0.05, 0.1) is 12.5 Å². The molecule has 10 N–H and O–H groups in total. The van der Waals surface area contributed by atoms with E-state index in [1.54, 1.807) is 24.5 Å². The molecule has 14 nitrogen and oxygen atoms in total. The number of H-pyrrole nitrogens is 2. The van der Waals surface area contributed by atoms with Crippen molar-refractivity contribution < 1.29 is 39.3 Å². The molecule has 5 aromatic rings. The molecule has 0 saturated heterocycles. The van der Waals surface area contributed by atoms with Crippen molar-refractivity contribution in [2.24, 2.45) is 5.73 Å². The highest BCUT2D eigenvalue weighted by Crippen LogP contribution is 2.21. The van der Waals surface area contributed by atoms with Gasteiger partial charge in [-0.05, 0) is 41.0 Å². The number of hydrogen-bond donors (Lipinski definition) is 9. The molecule has 4 atom stereocenters. The highest BCUT2D eigenvalue weighted by molar-refractivity contribution is 5.96. The van der Waals surface area contributed by atoms with Gasteiger partial charge in [-0.1, -0.05) is 48.5 Å². The number of aliphatic carboxylic acids is 2. The predicted octanol–water partition coefficient (Wildman–Crippen LogP) is 1.72. The third-order valence-corrected chi connectivity index (χ3v) is 8.19. The first-order valence-corrected chi connectivity index (χ1v) is 15.5. The van der Waals surface area contributed by atoms with Crippen LogP contribution in [0.2, 0.25) is 0 Å². The maximum atomic E-state index is 13.9. The minimum Gasteiger partial charge on any atom is -0.508 e. The van der Waals surface area contributed by atoms with Crippen molar-refractivity contribution in [3.05, 3.63) is 102 Å². The second-order valence-electron chi connectivity index (χ2n) is 11.7. The van der Waals surface area contributed by atoms with Gasteiger partial charge in [0.15, 0.2) is 0 Å². The van der Waals surface area contributed by atoms with E-state index < -0.39 is 60.2 Å². The van der Waals surface area contributed by atoms with E-state index in [0.717, 1.165) is 21.8 Å². The number of hydrogen-bond acceptors (Lipinski definition) is 7. The van der Waals surface area contributed by atoms with Crippen molar-refractivity contribution in [1.29, 1.82) is 0 Å². The predicted molar refractivity (Wildman–Crippen MR) is 179 cm³/mol. The van der Waals surface area contributed by atoms with Crippen LogP contribution in [0.3, 0.4) is 0 Å². The van der Waals surface area contributed by atoms with Crippen LogP contribution in [-0.4, -0.2) is 79.1 Å². The summed E-state index contributed by atoms with van der Waals surface area (Å²) in [6.45, 7) is 0. The molecule has 49 heavy (non-hydrogen) atoms. The first kappa shape index (κ1) is 34.2. The van der Waals surface area contributed by atoms with Crippen LogP contribution in [0.15, 0.2) is 85.2 Å². The fourth-order valence-corrected chi connectivity index (χ4v) is 5.63. The van der Waals surface area contributed by atoms with Gasteiger partial charge in [-0.25, -0.2) is 4.79 Å². The number of aromatic amines is 2. The summed E-state index contributed by atoms with van der Waals surface area (Å²) in [7, 11) is 0. The van der Waals surface area contributed by atoms with Gasteiger partial charge in [-0.3, -0.25) is 19.2 Å². The zero-order valence-corrected chi connectivity index (χ0v) is 26.2. The molecule has 4 unspecified atom stereocenters. The van der Waals surface area contributed by atoms with Crippen LogP contribution < -0.4 is 21.7 Å². The van der Waals surface area contributed by atoms with Gasteiger partial charge in [0.25, 0.3) is 0 Å². The number of amides is 3. The largest absolute Gasteiger partial charge is 0.508 e. The zero-order chi connectivity index (χ0) is 35.1. The molecule has 0 bridgehead atoms. The highest BCUT2D eigenvalue weighted by Gasteiger charge is 2.32. The number of nitrogens with two attached hydrogens (primary N) is 1. The number of carboxylic acid groups (broad SMARTS) is 2. The fourth-order valence-electron chi connectivity index (χ4n) is 5.63. The van der Waals surface area contributed by atoms with Gasteiger partial charge >= 0.3 is 11.9 Å². The molecule has 0 saturated carbocycles. The van der Waals surface area contributed by atoms with E-state index in [9.17, 15) is 34.2 Å². The van der Waals surface area contributed by atoms with Crippen LogP contribution in [0.5, 0.6) is 5.75 Å². The summed E-state index contributed by atoms with van der Waals surface area (Å²) in [6.07, 6.45) is 2.49. The number of phenols is 1. The quantitative estimate of drug-likeness (QED) is 0.0788. The summed E-state index contributed by atoms with van der Waals surface area (Å²) < 4.78 is 0. The SMILES string of the molecule is NC(CC(=O)O)C(=O)NC(Cc1c[nH]c2ccccc12)C(=O)NC(Cc1ccc(O)cc1)C(=O)NC(Cc1c[nH]c2ccccc12)C(=O)O. The van der Waals surface area contributed by atoms with Crippen molar-refractivity contribution in [2.75, 3.05) is 0 Å². The van der Waals surface area contributed by atoms with Crippen molar-refractivity contribution in [3.8, 4) is 5.75 Å². The smallest absolute Gasteiger partial charge is 0.326 e. The molecule has 0 aliphatic rings. The maximum Gasteiger partial charge on any atom is 0.326 e. The monoisotopic (exact) mass is 668 g/mol. The Morgan fingerprint density at radius 3 is 1.63 bits per heavy atom. The average molecular weight is 669 g/mol. The molecule has 0 radical (unpaired) electrons. The topological polar surface area (TPSA) is 240 Å². The number of carboxylic acids is 2. The van der Waals surface area contributed by atoms with E-state index in [0.29, 0.717) is 16.7 Å². The van der Waals surface area contributed by atoms with Crippen LogP contribution in [0.4, 0.5) is 0 Å². The lowest BCUT2D eigenvalue weighted by Crippen LogP contribution is -2.58. The Morgan fingerprint density at radius 1 is 0.633 bits per heavy atom. The Bertz CT molecular complexity index is 1980. The summed E-state index contributed by atoms with van der Waals surface area (Å²) in [4.78, 5) is 70.4. The summed E-state index contributed by atoms with van der Waals surface area (Å²) in [5.74, 6) is -5.07. The van der Waals surface area contributed by atoms with E-state index in [1.165, 1.54) is 12.1 Å². The van der Waals surface area contributed by atoms with E-state index in [4.69, 9.17) is 10.8 Å². The molecule has 2 aromatic heterocycles. The Hall–Kier alpha value is -6.15. The minimum absolute atomic E-state index is 0.0161. The molecule has 0 fully saturated rings. The maximum absolute atomic E-state index is 13.9. The zero-order valence-electron chi connectivity index (χ0n) is 26.2. The van der Waals surface area contributed by atoms with Crippen molar-refractivity contribution in [2.45, 2.75) is 49.9 Å². The second-order valence-corrected chi connectivity index (χ2v) is 11.7. The van der Waals surface area contributed by atoms with Gasteiger partial charge in [0.1, 0.15) is 23.9 Å². The summed E-state index contributed by atoms with van der Waals surface area (Å²) in [5.41, 5.74) is 9.25. The molecular weight excluding hydrogens is 632 g/mol. The van der Waals surface area contributed by atoms with E-state index in [-0.39, 0.29) is 25.0 Å². The molecule has 0 aliphatic heterocycles. The van der Waals surface area contributed by atoms with Gasteiger partial charge in [-0.15, -0.1) is 0 Å². The van der Waals surface area contributed by atoms with Crippen LogP contribution >= 0.6 is 0 Å². The molecule has 2 heterocycles. The third-order valence-electron chi connectivity index (χ3n) is 8.19. The highest BCUT2D eigenvalue weighted by atomic mass is 16.4. The Kier molecular flexibility index (Phi) is 10.6. The lowest BCUT2D eigenvalue weighted by atomic mass is 10.0. The molecule has 5 rings (SSSR count). The molecule has 14 heteroatoms. The minimum atomic E-state index is -1.45. The van der Waals surface area contributed by atoms with Crippen LogP contribution in [0.25, 0.3) is 21.8 Å². The number of aromatic nitrogens is 2. The first-order chi connectivity index (χ1) is 23.5. The molecule has 3 aromatic carbocycles. The molecule has 3 amide bonds.